The third-order valence-electron chi connectivity index (χ3n) is 4.45. The van der Waals surface area contributed by atoms with Gasteiger partial charge in [-0.15, -0.1) is 35.3 Å². The molecule has 1 N–H and O–H groups in total. The highest BCUT2D eigenvalue weighted by molar-refractivity contribution is 14.0. The number of ether oxygens (including phenoxy) is 1. The van der Waals surface area contributed by atoms with Gasteiger partial charge in [0.05, 0.1) is 23.5 Å². The van der Waals surface area contributed by atoms with Gasteiger partial charge in [-0.3, -0.25) is 4.99 Å². The van der Waals surface area contributed by atoms with Crippen molar-refractivity contribution >= 4 is 51.3 Å². The molecular formula is C18H34IN5O3S2. The van der Waals surface area contributed by atoms with Crippen molar-refractivity contribution in [2.75, 3.05) is 52.1 Å². The van der Waals surface area contributed by atoms with Gasteiger partial charge in [-0.2, -0.15) is 4.31 Å². The Balaban J connectivity index is 0.00000420. The highest BCUT2D eigenvalue weighted by Gasteiger charge is 2.27. The Kier molecular flexibility index (Phi) is 11.9. The monoisotopic (exact) mass is 559 g/mol. The van der Waals surface area contributed by atoms with Crippen LogP contribution in [0, 0.1) is 6.92 Å². The predicted octanol–water partition coefficient (Wildman–Crippen LogP) is 1.95. The van der Waals surface area contributed by atoms with E-state index in [0.29, 0.717) is 26.2 Å². The van der Waals surface area contributed by atoms with Gasteiger partial charge in [-0.25, -0.2) is 13.4 Å². The number of rotatable bonds is 9. The van der Waals surface area contributed by atoms with Gasteiger partial charge in [0.1, 0.15) is 0 Å². The summed E-state index contributed by atoms with van der Waals surface area (Å²) in [5, 5.41) is 6.62. The van der Waals surface area contributed by atoms with Crippen LogP contribution in [0.5, 0.6) is 0 Å². The summed E-state index contributed by atoms with van der Waals surface area (Å²) in [6, 6.07) is 0. The van der Waals surface area contributed by atoms with Gasteiger partial charge in [-0.1, -0.05) is 0 Å². The number of aromatic nitrogens is 1. The van der Waals surface area contributed by atoms with Crippen molar-refractivity contribution in [3.63, 3.8) is 0 Å². The molecule has 1 aromatic heterocycles. The lowest BCUT2D eigenvalue weighted by Crippen LogP contribution is -2.54. The van der Waals surface area contributed by atoms with Crippen LogP contribution in [0.15, 0.2) is 10.4 Å². The number of aryl methyl sites for hydroxylation is 2. The Morgan fingerprint density at radius 3 is 2.59 bits per heavy atom. The van der Waals surface area contributed by atoms with Crippen molar-refractivity contribution < 1.29 is 13.2 Å². The maximum atomic E-state index is 12.4. The molecule has 11 heteroatoms. The molecule has 0 unspecified atom stereocenters. The van der Waals surface area contributed by atoms with Crippen molar-refractivity contribution in [2.24, 2.45) is 4.99 Å². The third kappa shape index (κ3) is 9.03. The molecule has 2 rings (SSSR count). The van der Waals surface area contributed by atoms with Gasteiger partial charge in [-0.05, 0) is 27.2 Å². The number of halogens is 1. The molecule has 0 saturated carbocycles. The van der Waals surface area contributed by atoms with Crippen molar-refractivity contribution in [1.29, 1.82) is 0 Å². The maximum absolute atomic E-state index is 12.4. The van der Waals surface area contributed by atoms with E-state index in [0.717, 1.165) is 36.0 Å². The van der Waals surface area contributed by atoms with Crippen molar-refractivity contribution in [3.05, 3.63) is 16.1 Å². The van der Waals surface area contributed by atoms with Gasteiger partial charge in [0.15, 0.2) is 5.96 Å². The molecule has 0 aliphatic carbocycles. The summed E-state index contributed by atoms with van der Waals surface area (Å²) in [6.45, 7) is 9.09. The zero-order valence-electron chi connectivity index (χ0n) is 17.8. The summed E-state index contributed by atoms with van der Waals surface area (Å²) in [7, 11) is -1.51. The molecule has 0 aromatic carbocycles. The molecule has 1 saturated heterocycles. The van der Waals surface area contributed by atoms with E-state index in [1.807, 2.05) is 20.8 Å². The third-order valence-corrected chi connectivity index (χ3v) is 7.31. The summed E-state index contributed by atoms with van der Waals surface area (Å²) in [4.78, 5) is 10.9. The van der Waals surface area contributed by atoms with E-state index in [1.165, 1.54) is 0 Å². The van der Waals surface area contributed by atoms with Gasteiger partial charge in [0.2, 0.25) is 10.0 Å². The molecule has 1 aliphatic heterocycles. The number of nitrogens with zero attached hydrogens (tertiary/aromatic N) is 4. The summed E-state index contributed by atoms with van der Waals surface area (Å²) in [5.41, 5.74) is 1.08. The van der Waals surface area contributed by atoms with Crippen LogP contribution < -0.4 is 5.32 Å². The van der Waals surface area contributed by atoms with Crippen LogP contribution in [-0.4, -0.2) is 86.8 Å². The second kappa shape index (κ2) is 13.0. The smallest absolute Gasteiger partial charge is 0.216 e. The standard InChI is InChI=1S/C18H33N5O3S2.HI/c1-15(2)26-12-13-28(24,25)23-10-8-22(9-11-23)18(19-4)20-7-5-6-17-21-16(3)14-27-17;/h14-15H,5-13H2,1-4H3,(H,19,20);1H. The minimum absolute atomic E-state index is 0. The van der Waals surface area contributed by atoms with E-state index in [1.54, 1.807) is 22.7 Å². The molecule has 1 aliphatic rings. The first-order valence-corrected chi connectivity index (χ1v) is 12.3. The first kappa shape index (κ1) is 26.5. The minimum atomic E-state index is -3.27. The summed E-state index contributed by atoms with van der Waals surface area (Å²) < 4.78 is 31.8. The van der Waals surface area contributed by atoms with Crippen LogP contribution in [0.1, 0.15) is 31.0 Å². The predicted molar refractivity (Wildman–Crippen MR) is 130 cm³/mol. The molecule has 0 bridgehead atoms. The number of guanidine groups is 1. The van der Waals surface area contributed by atoms with E-state index in [-0.39, 0.29) is 42.4 Å². The fourth-order valence-electron chi connectivity index (χ4n) is 2.99. The largest absolute Gasteiger partial charge is 0.378 e. The van der Waals surface area contributed by atoms with Crippen molar-refractivity contribution in [1.82, 2.24) is 19.5 Å². The Bertz CT molecular complexity index is 732. The Morgan fingerprint density at radius 2 is 2.03 bits per heavy atom. The second-order valence-electron chi connectivity index (χ2n) is 7.08. The zero-order valence-corrected chi connectivity index (χ0v) is 21.7. The number of thiazole rings is 1. The topological polar surface area (TPSA) is 87.1 Å². The van der Waals surface area contributed by atoms with Gasteiger partial charge >= 0.3 is 0 Å². The first-order chi connectivity index (χ1) is 13.3. The lowest BCUT2D eigenvalue weighted by Gasteiger charge is -2.35. The molecule has 8 nitrogen and oxygen atoms in total. The summed E-state index contributed by atoms with van der Waals surface area (Å²) in [5.74, 6) is 0.865. The molecule has 2 heterocycles. The Hall–Kier alpha value is -0.500. The highest BCUT2D eigenvalue weighted by atomic mass is 127. The van der Waals surface area contributed by atoms with E-state index in [2.05, 4.69) is 25.6 Å². The lowest BCUT2D eigenvalue weighted by atomic mass is 10.3. The van der Waals surface area contributed by atoms with Crippen LogP contribution in [0.2, 0.25) is 0 Å². The first-order valence-electron chi connectivity index (χ1n) is 9.78. The van der Waals surface area contributed by atoms with Crippen LogP contribution in [0.3, 0.4) is 0 Å². The quantitative estimate of drug-likeness (QED) is 0.216. The molecule has 168 valence electrons. The molecule has 0 spiro atoms. The van der Waals surface area contributed by atoms with Crippen LogP contribution in [0.4, 0.5) is 0 Å². The number of aliphatic imine (C=N–C) groups is 1. The molecule has 0 radical (unpaired) electrons. The molecule has 1 fully saturated rings. The average Bonchev–Trinajstić information content (AvgIpc) is 3.07. The number of sulfonamides is 1. The number of nitrogens with one attached hydrogen (secondary N) is 1. The zero-order chi connectivity index (χ0) is 20.6. The molecular weight excluding hydrogens is 525 g/mol. The van der Waals surface area contributed by atoms with Gasteiger partial charge in [0.25, 0.3) is 0 Å². The highest BCUT2D eigenvalue weighted by Crippen LogP contribution is 2.11. The second-order valence-corrected chi connectivity index (χ2v) is 10.1. The normalized spacial score (nSPS) is 16.2. The van der Waals surface area contributed by atoms with E-state index >= 15 is 0 Å². The average molecular weight is 560 g/mol. The minimum Gasteiger partial charge on any atom is -0.378 e. The maximum Gasteiger partial charge on any atom is 0.216 e. The molecule has 1 aromatic rings. The summed E-state index contributed by atoms with van der Waals surface area (Å²) >= 11 is 1.70. The van der Waals surface area contributed by atoms with E-state index in [9.17, 15) is 8.42 Å². The van der Waals surface area contributed by atoms with Crippen molar-refractivity contribution in [2.45, 2.75) is 39.7 Å². The molecule has 0 amide bonds. The lowest BCUT2D eigenvalue weighted by molar-refractivity contribution is 0.0904. The number of hydrogen-bond acceptors (Lipinski definition) is 6. The SMILES string of the molecule is CN=C(NCCCc1nc(C)cs1)N1CCN(S(=O)(=O)CCOC(C)C)CC1.I. The molecule has 0 atom stereocenters. The number of hydrogen-bond donors (Lipinski definition) is 1. The fourth-order valence-corrected chi connectivity index (χ4v) is 5.09. The Labute approximate surface area is 196 Å². The van der Waals surface area contributed by atoms with Gasteiger partial charge < -0.3 is 15.0 Å². The van der Waals surface area contributed by atoms with Crippen LogP contribution in [0.25, 0.3) is 0 Å². The molecule has 29 heavy (non-hydrogen) atoms. The fraction of sp³-hybridized carbons (Fsp3) is 0.778. The number of piperazine rings is 1. The van der Waals surface area contributed by atoms with E-state index in [4.69, 9.17) is 4.74 Å². The van der Waals surface area contributed by atoms with Crippen molar-refractivity contribution in [3.8, 4) is 0 Å². The van der Waals surface area contributed by atoms with Crippen LogP contribution >= 0.6 is 35.3 Å². The van der Waals surface area contributed by atoms with Gasteiger partial charge in [0, 0.05) is 57.3 Å². The van der Waals surface area contributed by atoms with Crippen LogP contribution in [-0.2, 0) is 21.2 Å². The van der Waals surface area contributed by atoms with E-state index < -0.39 is 10.0 Å². The summed E-state index contributed by atoms with van der Waals surface area (Å²) in [6.07, 6.45) is 1.98. The Morgan fingerprint density at radius 1 is 1.34 bits per heavy atom.